The molecule has 0 aromatic rings. The fourth-order valence-electron chi connectivity index (χ4n) is 1.69. The van der Waals surface area contributed by atoms with Gasteiger partial charge in [0.05, 0.1) is 6.61 Å². The van der Waals surface area contributed by atoms with E-state index in [4.69, 9.17) is 9.47 Å². The van der Waals surface area contributed by atoms with Crippen molar-refractivity contribution >= 4 is 5.97 Å². The van der Waals surface area contributed by atoms with Crippen LogP contribution in [-0.4, -0.2) is 25.3 Å². The third-order valence-electron chi connectivity index (χ3n) is 2.87. The van der Waals surface area contributed by atoms with Crippen molar-refractivity contribution in [1.82, 2.24) is 0 Å². The molecular weight excluding hydrogens is 216 g/mol. The van der Waals surface area contributed by atoms with Crippen LogP contribution < -0.4 is 0 Å². The van der Waals surface area contributed by atoms with Crippen LogP contribution in [0.5, 0.6) is 0 Å². The largest absolute Gasteiger partial charge is 0.463 e. The molecule has 3 nitrogen and oxygen atoms in total. The van der Waals surface area contributed by atoms with E-state index in [2.05, 4.69) is 6.58 Å². The van der Waals surface area contributed by atoms with Crippen LogP contribution in [0.25, 0.3) is 0 Å². The monoisotopic (exact) mass is 240 g/mol. The van der Waals surface area contributed by atoms with Gasteiger partial charge in [-0.2, -0.15) is 0 Å². The van der Waals surface area contributed by atoms with Gasteiger partial charge in [-0.05, 0) is 19.3 Å². The molecule has 1 saturated heterocycles. The Hall–Kier alpha value is -0.830. The van der Waals surface area contributed by atoms with Crippen LogP contribution in [0.3, 0.4) is 0 Å². The standard InChI is InChI=1S/C14H24O3/c1-2-3-4-5-6-7-8-9-10-14(15)17-12-13-11-16-13/h2,13H,1,3-12H2. The minimum atomic E-state index is -0.0767. The molecule has 0 amide bonds. The fourth-order valence-corrected chi connectivity index (χ4v) is 1.69. The maximum atomic E-state index is 11.3. The summed E-state index contributed by atoms with van der Waals surface area (Å²) in [5, 5.41) is 0. The molecule has 0 bridgehead atoms. The van der Waals surface area contributed by atoms with E-state index in [1.165, 1.54) is 25.7 Å². The third kappa shape index (κ3) is 8.93. The van der Waals surface area contributed by atoms with Crippen LogP contribution in [0.4, 0.5) is 0 Å². The molecule has 1 unspecified atom stereocenters. The van der Waals surface area contributed by atoms with Crippen LogP contribution in [0, 0.1) is 0 Å². The SMILES string of the molecule is C=CCCCCCCCCC(=O)OCC1CO1. The summed E-state index contributed by atoms with van der Waals surface area (Å²) in [7, 11) is 0. The molecule has 1 aliphatic rings. The van der Waals surface area contributed by atoms with Crippen molar-refractivity contribution in [2.45, 2.75) is 57.5 Å². The topological polar surface area (TPSA) is 38.8 Å². The molecule has 1 aliphatic heterocycles. The Morgan fingerprint density at radius 3 is 2.53 bits per heavy atom. The highest BCUT2D eigenvalue weighted by molar-refractivity contribution is 5.69. The second-order valence-corrected chi connectivity index (χ2v) is 4.59. The zero-order valence-electron chi connectivity index (χ0n) is 10.7. The average Bonchev–Trinajstić information content (AvgIpc) is 3.14. The molecule has 0 saturated carbocycles. The summed E-state index contributed by atoms with van der Waals surface area (Å²) in [4.78, 5) is 11.3. The lowest BCUT2D eigenvalue weighted by molar-refractivity contribution is -0.144. The quantitative estimate of drug-likeness (QED) is 0.241. The molecular formula is C14H24O3. The van der Waals surface area contributed by atoms with Gasteiger partial charge in [0, 0.05) is 6.42 Å². The van der Waals surface area contributed by atoms with E-state index in [0.717, 1.165) is 25.9 Å². The second-order valence-electron chi connectivity index (χ2n) is 4.59. The van der Waals surface area contributed by atoms with E-state index >= 15 is 0 Å². The highest BCUT2D eigenvalue weighted by atomic mass is 16.6. The smallest absolute Gasteiger partial charge is 0.305 e. The fraction of sp³-hybridized carbons (Fsp3) is 0.786. The molecule has 98 valence electrons. The van der Waals surface area contributed by atoms with Crippen molar-refractivity contribution in [2.24, 2.45) is 0 Å². The van der Waals surface area contributed by atoms with E-state index in [9.17, 15) is 4.79 Å². The highest BCUT2D eigenvalue weighted by Crippen LogP contribution is 2.11. The Labute approximate surface area is 104 Å². The molecule has 0 aromatic heterocycles. The first-order chi connectivity index (χ1) is 8.33. The van der Waals surface area contributed by atoms with Crippen molar-refractivity contribution in [2.75, 3.05) is 13.2 Å². The molecule has 1 heterocycles. The van der Waals surface area contributed by atoms with Gasteiger partial charge in [-0.25, -0.2) is 0 Å². The first kappa shape index (κ1) is 14.2. The zero-order chi connectivity index (χ0) is 12.3. The first-order valence-electron chi connectivity index (χ1n) is 6.71. The number of epoxide rings is 1. The van der Waals surface area contributed by atoms with Crippen molar-refractivity contribution in [3.05, 3.63) is 12.7 Å². The maximum absolute atomic E-state index is 11.3. The second kappa shape index (κ2) is 9.23. The molecule has 0 N–H and O–H groups in total. The number of carbonyl (C=O) groups excluding carboxylic acids is 1. The van der Waals surface area contributed by atoms with Crippen molar-refractivity contribution in [3.63, 3.8) is 0 Å². The summed E-state index contributed by atoms with van der Waals surface area (Å²) in [5.74, 6) is -0.0767. The highest BCUT2D eigenvalue weighted by Gasteiger charge is 2.23. The maximum Gasteiger partial charge on any atom is 0.305 e. The van der Waals surface area contributed by atoms with Gasteiger partial charge in [-0.3, -0.25) is 4.79 Å². The predicted octanol–water partition coefficient (Wildman–Crippen LogP) is 3.24. The molecule has 1 rings (SSSR count). The van der Waals surface area contributed by atoms with E-state index < -0.39 is 0 Å². The predicted molar refractivity (Wildman–Crippen MR) is 67.8 cm³/mol. The molecule has 17 heavy (non-hydrogen) atoms. The number of unbranched alkanes of at least 4 members (excludes halogenated alkanes) is 6. The molecule has 3 heteroatoms. The number of carbonyl (C=O) groups is 1. The van der Waals surface area contributed by atoms with Gasteiger partial charge in [0.1, 0.15) is 12.7 Å². The van der Waals surface area contributed by atoms with E-state index in [1.54, 1.807) is 0 Å². The number of hydrogen-bond donors (Lipinski definition) is 0. The van der Waals surface area contributed by atoms with Crippen molar-refractivity contribution < 1.29 is 14.3 Å². The zero-order valence-corrected chi connectivity index (χ0v) is 10.7. The van der Waals surface area contributed by atoms with Gasteiger partial charge in [-0.1, -0.05) is 31.8 Å². The van der Waals surface area contributed by atoms with Crippen LogP contribution in [0.1, 0.15) is 51.4 Å². The summed E-state index contributed by atoms with van der Waals surface area (Å²) in [6.07, 6.45) is 10.9. The van der Waals surface area contributed by atoms with Gasteiger partial charge >= 0.3 is 5.97 Å². The molecule has 0 radical (unpaired) electrons. The van der Waals surface area contributed by atoms with Crippen LogP contribution >= 0.6 is 0 Å². The average molecular weight is 240 g/mol. The molecule has 0 aliphatic carbocycles. The molecule has 1 atom stereocenters. The van der Waals surface area contributed by atoms with Crippen molar-refractivity contribution in [3.8, 4) is 0 Å². The minimum absolute atomic E-state index is 0.0767. The summed E-state index contributed by atoms with van der Waals surface area (Å²) >= 11 is 0. The summed E-state index contributed by atoms with van der Waals surface area (Å²) in [6.45, 7) is 4.89. The van der Waals surface area contributed by atoms with Gasteiger partial charge in [0.25, 0.3) is 0 Å². The molecule has 1 fully saturated rings. The normalized spacial score (nSPS) is 17.8. The Balaban J connectivity index is 1.76. The van der Waals surface area contributed by atoms with Crippen LogP contribution in [0.15, 0.2) is 12.7 Å². The van der Waals surface area contributed by atoms with Crippen LogP contribution in [-0.2, 0) is 14.3 Å². The van der Waals surface area contributed by atoms with Gasteiger partial charge in [0.15, 0.2) is 0 Å². The number of hydrogen-bond acceptors (Lipinski definition) is 3. The van der Waals surface area contributed by atoms with E-state index in [-0.39, 0.29) is 12.1 Å². The number of ether oxygens (including phenoxy) is 2. The number of allylic oxidation sites excluding steroid dienone is 1. The Morgan fingerprint density at radius 2 is 1.88 bits per heavy atom. The third-order valence-corrected chi connectivity index (χ3v) is 2.87. The number of esters is 1. The Bertz CT molecular complexity index is 222. The van der Waals surface area contributed by atoms with Crippen molar-refractivity contribution in [1.29, 1.82) is 0 Å². The lowest BCUT2D eigenvalue weighted by atomic mass is 10.1. The minimum Gasteiger partial charge on any atom is -0.463 e. The van der Waals surface area contributed by atoms with Crippen LogP contribution in [0.2, 0.25) is 0 Å². The Morgan fingerprint density at radius 1 is 1.24 bits per heavy atom. The Kier molecular flexibility index (Phi) is 7.72. The molecule has 0 aromatic carbocycles. The van der Waals surface area contributed by atoms with Gasteiger partial charge in [0.2, 0.25) is 0 Å². The summed E-state index contributed by atoms with van der Waals surface area (Å²) in [5.41, 5.74) is 0. The summed E-state index contributed by atoms with van der Waals surface area (Å²) in [6, 6.07) is 0. The molecule has 0 spiro atoms. The number of rotatable bonds is 11. The van der Waals surface area contributed by atoms with Gasteiger partial charge in [-0.15, -0.1) is 6.58 Å². The summed E-state index contributed by atoms with van der Waals surface area (Å²) < 4.78 is 10.0. The lowest BCUT2D eigenvalue weighted by Gasteiger charge is -2.03. The van der Waals surface area contributed by atoms with Gasteiger partial charge < -0.3 is 9.47 Å². The van der Waals surface area contributed by atoms with E-state index in [0.29, 0.717) is 13.0 Å². The lowest BCUT2D eigenvalue weighted by Crippen LogP contribution is -2.09. The first-order valence-corrected chi connectivity index (χ1v) is 6.71. The van der Waals surface area contributed by atoms with E-state index in [1.807, 2.05) is 6.08 Å².